The van der Waals surface area contributed by atoms with E-state index in [1.807, 2.05) is 63.2 Å². The van der Waals surface area contributed by atoms with Gasteiger partial charge in [-0.05, 0) is 158 Å². The summed E-state index contributed by atoms with van der Waals surface area (Å²) in [5.74, 6) is 4.39. The van der Waals surface area contributed by atoms with Crippen molar-refractivity contribution in [3.8, 4) is 113 Å². The number of rotatable bonds is 33. The predicted molar refractivity (Wildman–Crippen MR) is 533 cm³/mol. The Morgan fingerprint density at radius 3 is 1.20 bits per heavy atom. The number of nitrogens with two attached hydrogens (primary N) is 3. The highest BCUT2D eigenvalue weighted by molar-refractivity contribution is 9.40. The number of aryl methyl sites for hydroxylation is 3. The zero-order valence-electron chi connectivity index (χ0n) is 74.2. The van der Waals surface area contributed by atoms with Gasteiger partial charge in [0.25, 0.3) is 5.78 Å². The maximum atomic E-state index is 12.3. The van der Waals surface area contributed by atoms with Crippen LogP contribution in [-0.2, 0) is 35.8 Å². The number of Topliss-reactive ketones (excluding diaryl/α,β-unsaturated/α-hetero) is 2. The van der Waals surface area contributed by atoms with Crippen molar-refractivity contribution >= 4 is 194 Å². The van der Waals surface area contributed by atoms with E-state index in [0.717, 1.165) is 47.5 Å². The topological polar surface area (TPSA) is 422 Å². The Balaban J connectivity index is 0.000000759. The highest BCUT2D eigenvalue weighted by atomic mass is 80.0. The number of hydrogen-bond acceptors (Lipinski definition) is 32. The molecule has 1 atom stereocenters. The number of anilines is 2. The molecule has 6 aromatic carbocycles. The highest BCUT2D eigenvalue weighted by Gasteiger charge is 2.24. The van der Waals surface area contributed by atoms with Crippen LogP contribution in [0, 0.1) is 48.2 Å². The number of esters is 2. The van der Waals surface area contributed by atoms with Crippen molar-refractivity contribution in [3.05, 3.63) is 168 Å². The number of thiocarbonyl (C=S) groups is 1. The number of thiazole rings is 3. The number of carbonyl (C=O) groups is 4. The molecule has 0 aliphatic heterocycles. The number of ketones is 2. The van der Waals surface area contributed by atoms with E-state index in [0.29, 0.717) is 125 Å². The first-order valence-electron chi connectivity index (χ1n) is 38.6. The summed E-state index contributed by atoms with van der Waals surface area (Å²) in [4.78, 5) is 65.8. The second kappa shape index (κ2) is 68.3. The van der Waals surface area contributed by atoms with E-state index in [2.05, 4.69) is 137 Å². The summed E-state index contributed by atoms with van der Waals surface area (Å²) in [5.41, 5.74) is 22.2. The van der Waals surface area contributed by atoms with Crippen molar-refractivity contribution in [2.75, 3.05) is 146 Å². The third kappa shape index (κ3) is 45.5. The van der Waals surface area contributed by atoms with Crippen LogP contribution in [0.1, 0.15) is 80.9 Å². The molecule has 0 saturated carbocycles. The van der Waals surface area contributed by atoms with Gasteiger partial charge in [-0.15, -0.1) is 34.0 Å². The largest absolute Gasteiger partial charge is 0.504 e. The van der Waals surface area contributed by atoms with Crippen LogP contribution in [0.3, 0.4) is 0 Å². The van der Waals surface area contributed by atoms with E-state index < -0.39 is 58.1 Å². The number of nitrogens with one attached hydrogen (secondary N) is 1. The van der Waals surface area contributed by atoms with Crippen molar-refractivity contribution in [2.24, 2.45) is 5.73 Å². The number of ether oxygens (including phenoxy) is 13. The molecule has 726 valence electrons. The molecule has 9 N–H and O–H groups in total. The van der Waals surface area contributed by atoms with Gasteiger partial charge in [0.15, 0.2) is 87.4 Å². The molecule has 46 heteroatoms. The van der Waals surface area contributed by atoms with Gasteiger partial charge in [-0.25, -0.2) is 51.5 Å². The fraction of sp³-hybridized carbons (Fsp3) is 0.356. The SMILES string of the molecule is CC(=O)C(Br)(Br)Br.CCOC(=O)C(=O)C(C)Br.CCOC(=O)c1nc(-c2ccc(OC)c(OCCF)c2)sc1C.COc1ccc(-c2nc(CBr)c(C)s2)cc1OCCF.COc1ccc(-c2nc(CO)c(C)s2)cc1OCCF.COc1ccc(C#N)cc1O.COc1ccc(C#N)cc1OCCF.COc1ccc(C(N)=S)cc1OCCF.FCCBr.Nc1cc(N)[nH]c(=S)n1. The molecule has 0 radical (unpaired) electrons. The van der Waals surface area contributed by atoms with Gasteiger partial charge in [-0.3, -0.25) is 14.0 Å². The summed E-state index contributed by atoms with van der Waals surface area (Å²) >= 11 is 32.3. The monoisotopic (exact) mass is 2340 g/mol. The Bertz CT molecular complexity index is 5260. The lowest BCUT2D eigenvalue weighted by molar-refractivity contribution is -0.153. The number of aromatic nitrogens is 5. The summed E-state index contributed by atoms with van der Waals surface area (Å²) in [6.45, 7) is 9.53. The standard InChI is InChI=1S/C16H18FNO4S.C14H15BrFNO2S.C14H16FNO3S.C10H12FNO2S.C10H10FNO2.C8H7NO2.C6H9BrO3.C4H6N4S.C3H3Br3O.C2H4BrF/c1-4-21-16(19)14-10(2)23-15(18-14)11-5-6-12(20-3)13(9-11)22-8-7-17;1-9-11(8-15)17-14(20-9)10-3-4-12(18-2)13(7-10)19-6-5-16;1-9-11(8-17)16-14(20-9)10-3-4-12(18-2)13(7-10)19-6-5-15;1-13-8-3-2-7(10(12)15)6-9(8)14-5-4-11;1-13-9-3-2-8(7-12)6-10(9)14-5-4-11;1-11-8-3-2-6(5-9)4-7(8)10;1-3-10-6(9)5(8)4(2)7;5-2-1-3(6)8-4(9)7-2;1-2(7)3(4,5)6;3-1-2-4/h5-6,9H,4,7-8H2,1-3H3;3-4,7H,5-6,8H2,1-2H3;3-4,7,17H,5-6,8H2,1-2H3;2-3,6H,4-5H2,1H3,(H2,12,15);2-3,6H,4-5H2,1H3;2-4,10H,1H3;4H,3H2,1-2H3;1H,(H5,5,6,7,8,9);1H3;1-2H2. The number of nitrogens with zero attached hydrogens (tertiary/aromatic N) is 6. The maximum Gasteiger partial charge on any atom is 0.375 e. The number of halogens is 12. The number of hydrogen-bond donors (Lipinski definition) is 6. The Morgan fingerprint density at radius 1 is 0.526 bits per heavy atom. The van der Waals surface area contributed by atoms with Gasteiger partial charge in [0, 0.05) is 65.7 Å². The van der Waals surface area contributed by atoms with Crippen LogP contribution in [0.2, 0.25) is 0 Å². The van der Waals surface area contributed by atoms with Crippen LogP contribution in [0.25, 0.3) is 31.7 Å². The molecule has 0 fully saturated rings. The van der Waals surface area contributed by atoms with Gasteiger partial charge >= 0.3 is 11.9 Å². The molecule has 4 heterocycles. The number of aliphatic hydroxyl groups excluding tert-OH is 1. The summed E-state index contributed by atoms with van der Waals surface area (Å²) < 4.78 is 137. The number of methoxy groups -OCH3 is 6. The molecule has 4 aromatic heterocycles. The predicted octanol–water partition coefficient (Wildman–Crippen LogP) is 20.8. The molecule has 0 amide bonds. The van der Waals surface area contributed by atoms with Crippen molar-refractivity contribution in [2.45, 2.75) is 67.4 Å². The van der Waals surface area contributed by atoms with Crippen LogP contribution in [0.5, 0.6) is 69.0 Å². The van der Waals surface area contributed by atoms with Crippen LogP contribution >= 0.6 is 154 Å². The number of nitriles is 2. The number of carbonyl (C=O) groups excluding carboxylic acids is 4. The average Bonchev–Trinajstić information content (AvgIpc) is 1.70. The molecule has 0 saturated heterocycles. The quantitative estimate of drug-likeness (QED) is 0.00731. The molecule has 0 aliphatic carbocycles. The van der Waals surface area contributed by atoms with Crippen molar-refractivity contribution in [1.29, 1.82) is 10.5 Å². The fourth-order valence-electron chi connectivity index (χ4n) is 9.22. The number of benzene rings is 6. The minimum absolute atomic E-state index is 0.00694. The number of phenols is 1. The highest BCUT2D eigenvalue weighted by Crippen LogP contribution is 2.40. The number of nitrogen functional groups attached to an aromatic ring is 2. The maximum absolute atomic E-state index is 12.3. The summed E-state index contributed by atoms with van der Waals surface area (Å²) in [7, 11) is 9.08. The summed E-state index contributed by atoms with van der Waals surface area (Å²) in [6.07, 6.45) is 0. The lowest BCUT2D eigenvalue weighted by atomic mass is 10.2. The molecule has 0 bridgehead atoms. The number of alkyl halides is 12. The first kappa shape index (κ1) is 121. The van der Waals surface area contributed by atoms with Crippen molar-refractivity contribution in [3.63, 3.8) is 0 Å². The average molecular weight is 2340 g/mol. The molecule has 0 spiro atoms. The van der Waals surface area contributed by atoms with Crippen LogP contribution in [0.4, 0.5) is 38.0 Å². The summed E-state index contributed by atoms with van der Waals surface area (Å²) in [5, 5.41) is 39.0. The van der Waals surface area contributed by atoms with Crippen molar-refractivity contribution in [1.82, 2.24) is 24.9 Å². The molecule has 29 nitrogen and oxygen atoms in total. The number of phenolic OH excluding ortho intramolecular Hbond substituents is 1. The van der Waals surface area contributed by atoms with E-state index in [1.54, 1.807) is 106 Å². The van der Waals surface area contributed by atoms with Gasteiger partial charge in [0.2, 0.25) is 0 Å². The van der Waals surface area contributed by atoms with E-state index in [1.165, 1.54) is 88.2 Å². The lowest BCUT2D eigenvalue weighted by Crippen LogP contribution is -2.23. The second-order valence-electron chi connectivity index (χ2n) is 24.7. The normalized spacial score (nSPS) is 10.2. The summed E-state index contributed by atoms with van der Waals surface area (Å²) in [6, 6.07) is 35.9. The fourth-order valence-corrected chi connectivity index (χ4v) is 13.2. The zero-order valence-corrected chi connectivity index (χ0v) is 87.8. The lowest BCUT2D eigenvalue weighted by Gasteiger charge is -2.10. The zero-order chi connectivity index (χ0) is 100. The number of H-pyrrole nitrogens is 1. The molecule has 10 rings (SSSR count). The van der Waals surface area contributed by atoms with Gasteiger partial charge < -0.3 is 94.0 Å². The molecular formula is C87H100Br6F6N10O19S5. The van der Waals surface area contributed by atoms with E-state index >= 15 is 0 Å². The molecule has 133 heavy (non-hydrogen) atoms. The van der Waals surface area contributed by atoms with Crippen LogP contribution < -0.4 is 69.3 Å². The second-order valence-corrected chi connectivity index (χ2v) is 38.6. The van der Waals surface area contributed by atoms with Gasteiger partial charge in [0.1, 0.15) is 98.1 Å². The molecule has 10 aromatic rings. The van der Waals surface area contributed by atoms with E-state index in [-0.39, 0.29) is 69.4 Å². The molecule has 0 aliphatic rings. The van der Waals surface area contributed by atoms with Gasteiger partial charge in [0.05, 0.1) is 109 Å². The molecular weight excluding hydrogens is 2240 g/mol. The van der Waals surface area contributed by atoms with Crippen molar-refractivity contribution < 1.29 is 117 Å². The Morgan fingerprint density at radius 2 is 0.880 bits per heavy atom. The van der Waals surface area contributed by atoms with Gasteiger partial charge in [-0.2, -0.15) is 10.5 Å². The number of aromatic amines is 1. The third-order valence-electron chi connectivity index (χ3n) is 15.4. The minimum atomic E-state index is -0.771. The Labute approximate surface area is 839 Å². The van der Waals surface area contributed by atoms with E-state index in [9.17, 15) is 50.6 Å². The molecule has 1 unspecified atom stereocenters. The smallest absolute Gasteiger partial charge is 0.375 e. The first-order valence-corrected chi connectivity index (χ1v) is 47.4. The Hall–Kier alpha value is -9.72. The number of aromatic hydroxyl groups is 1. The van der Waals surface area contributed by atoms with Crippen LogP contribution in [-0.4, -0.2) is 205 Å². The minimum Gasteiger partial charge on any atom is -0.504 e. The first-order chi connectivity index (χ1) is 63.4. The number of aliphatic hydroxyl groups is 1. The van der Waals surface area contributed by atoms with Gasteiger partial charge in [-0.1, -0.05) is 108 Å². The Kier molecular flexibility index (Phi) is 62.3. The third-order valence-corrected chi connectivity index (χ3v) is 21.9. The van der Waals surface area contributed by atoms with Crippen LogP contribution in [0.15, 0.2) is 115 Å². The van der Waals surface area contributed by atoms with E-state index in [4.69, 9.17) is 102 Å².